The number of aromatic nitrogens is 2. The summed E-state index contributed by atoms with van der Waals surface area (Å²) in [5.41, 5.74) is 5.27. The van der Waals surface area contributed by atoms with Gasteiger partial charge in [-0.2, -0.15) is 4.98 Å². The smallest absolute Gasteiger partial charge is 0.226 e. The van der Waals surface area contributed by atoms with Crippen molar-refractivity contribution in [3.63, 3.8) is 0 Å². The Morgan fingerprint density at radius 1 is 1.29 bits per heavy atom. The molecule has 1 aliphatic carbocycles. The Bertz CT molecular complexity index is 408. The summed E-state index contributed by atoms with van der Waals surface area (Å²) in [6.45, 7) is 5.68. The van der Waals surface area contributed by atoms with Crippen LogP contribution < -0.4 is 5.73 Å². The SMILES string of the molecule is CCOC1(c2noc(CCC(C)CCN)n2)CCCCC1. The molecule has 1 aliphatic rings. The highest BCUT2D eigenvalue weighted by Crippen LogP contribution is 2.39. The average Bonchev–Trinajstić information content (AvgIpc) is 2.96. The van der Waals surface area contributed by atoms with E-state index >= 15 is 0 Å². The Kier molecular flexibility index (Phi) is 6.18. The van der Waals surface area contributed by atoms with Crippen molar-refractivity contribution in [3.8, 4) is 0 Å². The lowest BCUT2D eigenvalue weighted by molar-refractivity contribution is -0.0777. The fraction of sp³-hybridized carbons (Fsp3) is 0.875. The molecule has 21 heavy (non-hydrogen) atoms. The van der Waals surface area contributed by atoms with Crippen molar-refractivity contribution >= 4 is 0 Å². The molecule has 0 aromatic carbocycles. The van der Waals surface area contributed by atoms with Crippen molar-refractivity contribution in [1.29, 1.82) is 0 Å². The van der Waals surface area contributed by atoms with E-state index in [2.05, 4.69) is 17.1 Å². The van der Waals surface area contributed by atoms with Crippen LogP contribution in [0.3, 0.4) is 0 Å². The molecule has 1 saturated carbocycles. The fourth-order valence-electron chi connectivity index (χ4n) is 3.17. The largest absolute Gasteiger partial charge is 0.367 e. The van der Waals surface area contributed by atoms with Crippen LogP contribution in [0.25, 0.3) is 0 Å². The van der Waals surface area contributed by atoms with E-state index in [0.717, 1.165) is 50.4 Å². The quantitative estimate of drug-likeness (QED) is 0.797. The molecule has 1 aromatic rings. The zero-order valence-corrected chi connectivity index (χ0v) is 13.4. The first-order valence-corrected chi connectivity index (χ1v) is 8.37. The maximum Gasteiger partial charge on any atom is 0.226 e. The van der Waals surface area contributed by atoms with Crippen molar-refractivity contribution in [1.82, 2.24) is 10.1 Å². The van der Waals surface area contributed by atoms with Crippen LogP contribution in [0.5, 0.6) is 0 Å². The topological polar surface area (TPSA) is 74.2 Å². The molecule has 0 radical (unpaired) electrons. The minimum atomic E-state index is -0.308. The predicted octanol–water partition coefficient (Wildman–Crippen LogP) is 3.18. The molecule has 1 heterocycles. The van der Waals surface area contributed by atoms with Gasteiger partial charge in [-0.05, 0) is 45.1 Å². The zero-order chi connectivity index (χ0) is 15.1. The van der Waals surface area contributed by atoms with E-state index in [1.54, 1.807) is 0 Å². The molecule has 5 heteroatoms. The van der Waals surface area contributed by atoms with Crippen LogP contribution in [0.4, 0.5) is 0 Å². The lowest BCUT2D eigenvalue weighted by Crippen LogP contribution is -2.33. The second-order valence-electron chi connectivity index (χ2n) is 6.22. The van der Waals surface area contributed by atoms with Gasteiger partial charge in [-0.3, -0.25) is 0 Å². The molecule has 0 bridgehead atoms. The monoisotopic (exact) mass is 295 g/mol. The lowest BCUT2D eigenvalue weighted by Gasteiger charge is -2.33. The van der Waals surface area contributed by atoms with E-state index < -0.39 is 0 Å². The highest BCUT2D eigenvalue weighted by molar-refractivity contribution is 5.03. The number of aryl methyl sites for hydroxylation is 1. The van der Waals surface area contributed by atoms with Crippen LogP contribution in [0, 0.1) is 5.92 Å². The van der Waals surface area contributed by atoms with Gasteiger partial charge in [0.1, 0.15) is 5.60 Å². The van der Waals surface area contributed by atoms with Crippen LogP contribution >= 0.6 is 0 Å². The summed E-state index contributed by atoms with van der Waals surface area (Å²) < 4.78 is 11.5. The Balaban J connectivity index is 1.99. The number of nitrogens with zero attached hydrogens (tertiary/aromatic N) is 2. The van der Waals surface area contributed by atoms with Gasteiger partial charge in [0.05, 0.1) is 0 Å². The first-order valence-electron chi connectivity index (χ1n) is 8.37. The van der Waals surface area contributed by atoms with Gasteiger partial charge in [-0.1, -0.05) is 31.3 Å². The van der Waals surface area contributed by atoms with Crippen molar-refractivity contribution in [2.24, 2.45) is 11.7 Å². The summed E-state index contributed by atoms with van der Waals surface area (Å²) in [6.07, 6.45) is 8.55. The van der Waals surface area contributed by atoms with Gasteiger partial charge in [0.25, 0.3) is 0 Å². The zero-order valence-electron chi connectivity index (χ0n) is 13.4. The molecular weight excluding hydrogens is 266 g/mol. The standard InChI is InChI=1S/C16H29N3O2/c1-3-20-16(10-5-4-6-11-16)15-18-14(21-19-15)8-7-13(2)9-12-17/h13H,3-12,17H2,1-2H3. The number of hydrogen-bond donors (Lipinski definition) is 1. The number of nitrogens with two attached hydrogens (primary N) is 1. The molecule has 0 amide bonds. The van der Waals surface area contributed by atoms with Gasteiger partial charge < -0.3 is 15.0 Å². The summed E-state index contributed by atoms with van der Waals surface area (Å²) >= 11 is 0. The highest BCUT2D eigenvalue weighted by Gasteiger charge is 2.39. The molecule has 1 fully saturated rings. The van der Waals surface area contributed by atoms with Gasteiger partial charge in [0.2, 0.25) is 11.7 Å². The molecule has 1 aromatic heterocycles. The molecule has 1 atom stereocenters. The minimum Gasteiger partial charge on any atom is -0.367 e. The maximum absolute atomic E-state index is 6.03. The third-order valence-corrected chi connectivity index (χ3v) is 4.47. The normalized spacial score (nSPS) is 19.6. The highest BCUT2D eigenvalue weighted by atomic mass is 16.5. The van der Waals surface area contributed by atoms with E-state index in [0.29, 0.717) is 12.5 Å². The Morgan fingerprint density at radius 2 is 2.05 bits per heavy atom. The fourth-order valence-corrected chi connectivity index (χ4v) is 3.17. The second kappa shape index (κ2) is 7.90. The summed E-state index contributed by atoms with van der Waals surface area (Å²) in [6, 6.07) is 0. The number of ether oxygens (including phenoxy) is 1. The molecule has 0 aliphatic heterocycles. The summed E-state index contributed by atoms with van der Waals surface area (Å²) in [5, 5.41) is 4.22. The summed E-state index contributed by atoms with van der Waals surface area (Å²) in [4.78, 5) is 4.62. The average molecular weight is 295 g/mol. The lowest BCUT2D eigenvalue weighted by atomic mass is 9.84. The first kappa shape index (κ1) is 16.4. The van der Waals surface area contributed by atoms with Crippen molar-refractivity contribution in [2.75, 3.05) is 13.2 Å². The molecule has 1 unspecified atom stereocenters. The molecule has 5 nitrogen and oxygen atoms in total. The van der Waals surface area contributed by atoms with Crippen molar-refractivity contribution in [2.45, 2.75) is 70.8 Å². The first-order chi connectivity index (χ1) is 10.2. The van der Waals surface area contributed by atoms with E-state index in [-0.39, 0.29) is 5.60 Å². The van der Waals surface area contributed by atoms with Crippen LogP contribution in [0.15, 0.2) is 4.52 Å². The van der Waals surface area contributed by atoms with Crippen LogP contribution in [-0.2, 0) is 16.8 Å². The van der Waals surface area contributed by atoms with Gasteiger partial charge in [0, 0.05) is 13.0 Å². The number of hydrogen-bond acceptors (Lipinski definition) is 5. The van der Waals surface area contributed by atoms with E-state index in [9.17, 15) is 0 Å². The molecule has 2 N–H and O–H groups in total. The van der Waals surface area contributed by atoms with Gasteiger partial charge in [0.15, 0.2) is 0 Å². The number of rotatable bonds is 8. The van der Waals surface area contributed by atoms with Crippen LogP contribution in [0.1, 0.15) is 70.5 Å². The molecule has 0 spiro atoms. The van der Waals surface area contributed by atoms with Gasteiger partial charge >= 0.3 is 0 Å². The van der Waals surface area contributed by atoms with Gasteiger partial charge in [-0.25, -0.2) is 0 Å². The summed E-state index contributed by atoms with van der Waals surface area (Å²) in [5.74, 6) is 2.09. The van der Waals surface area contributed by atoms with Crippen LogP contribution in [-0.4, -0.2) is 23.3 Å². The van der Waals surface area contributed by atoms with Crippen molar-refractivity contribution in [3.05, 3.63) is 11.7 Å². The second-order valence-corrected chi connectivity index (χ2v) is 6.22. The maximum atomic E-state index is 6.03. The van der Waals surface area contributed by atoms with Crippen LogP contribution in [0.2, 0.25) is 0 Å². The van der Waals surface area contributed by atoms with E-state index in [4.69, 9.17) is 15.0 Å². The Labute approximate surface area is 127 Å². The summed E-state index contributed by atoms with van der Waals surface area (Å²) in [7, 11) is 0. The Morgan fingerprint density at radius 3 is 2.71 bits per heavy atom. The Hall–Kier alpha value is -0.940. The van der Waals surface area contributed by atoms with Gasteiger partial charge in [-0.15, -0.1) is 0 Å². The molecule has 2 rings (SSSR count). The molecule has 120 valence electrons. The third kappa shape index (κ3) is 4.27. The predicted molar refractivity (Wildman–Crippen MR) is 81.8 cm³/mol. The minimum absolute atomic E-state index is 0.308. The third-order valence-electron chi connectivity index (χ3n) is 4.47. The molecular formula is C16H29N3O2. The van der Waals surface area contributed by atoms with Crippen molar-refractivity contribution < 1.29 is 9.26 Å². The van der Waals surface area contributed by atoms with E-state index in [1.807, 2.05) is 6.92 Å². The van der Waals surface area contributed by atoms with E-state index in [1.165, 1.54) is 19.3 Å². The molecule has 0 saturated heterocycles.